The molecule has 0 bridgehead atoms. The van der Waals surface area contributed by atoms with Crippen LogP contribution < -0.4 is 0 Å². The Labute approximate surface area is 226 Å². The van der Waals surface area contributed by atoms with Crippen LogP contribution in [0.2, 0.25) is 0 Å². The molecular weight excluding hydrogens is 556 g/mol. The summed E-state index contributed by atoms with van der Waals surface area (Å²) in [5, 5.41) is 0. The van der Waals surface area contributed by atoms with Crippen molar-refractivity contribution in [3.63, 3.8) is 0 Å². The largest absolute Gasteiger partial charge is 0.0576 e. The fraction of sp³-hybridized carbons (Fsp3) is 0.273. The summed E-state index contributed by atoms with van der Waals surface area (Å²) in [6, 6.07) is 31.9. The van der Waals surface area contributed by atoms with Crippen molar-refractivity contribution in [2.75, 3.05) is 0 Å². The Morgan fingerprint density at radius 2 is 0.800 bits per heavy atom. The zero-order chi connectivity index (χ0) is 24.6. The molecule has 4 aromatic carbocycles. The van der Waals surface area contributed by atoms with Crippen LogP contribution in [-0.4, -0.2) is 0 Å². The third-order valence-electron chi connectivity index (χ3n) is 8.37. The second-order valence-corrected chi connectivity index (χ2v) is 13.6. The average molecular weight is 586 g/mol. The first-order valence-corrected chi connectivity index (χ1v) is 14.0. The maximum Gasteiger partial charge on any atom is 0.0225 e. The number of hydrogen-bond donors (Lipinski definition) is 0. The van der Waals surface area contributed by atoms with Gasteiger partial charge in [-0.3, -0.25) is 0 Å². The predicted molar refractivity (Wildman–Crippen MR) is 155 cm³/mol. The van der Waals surface area contributed by atoms with Crippen molar-refractivity contribution >= 4 is 31.9 Å². The molecule has 0 unspecified atom stereocenters. The average Bonchev–Trinajstić information content (AvgIpc) is 3.19. The molecule has 2 aliphatic rings. The highest BCUT2D eigenvalue weighted by Crippen LogP contribution is 2.63. The van der Waals surface area contributed by atoms with Crippen molar-refractivity contribution in [3.05, 3.63) is 116 Å². The molecule has 0 saturated heterocycles. The molecule has 2 heteroatoms. The van der Waals surface area contributed by atoms with Gasteiger partial charge < -0.3 is 0 Å². The van der Waals surface area contributed by atoms with Gasteiger partial charge in [0.1, 0.15) is 0 Å². The summed E-state index contributed by atoms with van der Waals surface area (Å²) >= 11 is 7.18. The summed E-state index contributed by atoms with van der Waals surface area (Å²) in [7, 11) is 0. The minimum Gasteiger partial charge on any atom is -0.0576 e. The smallest absolute Gasteiger partial charge is 0.0225 e. The summed E-state index contributed by atoms with van der Waals surface area (Å²) < 4.78 is 2.24. The van der Waals surface area contributed by atoms with E-state index in [1.165, 1.54) is 44.5 Å². The second-order valence-electron chi connectivity index (χ2n) is 11.7. The maximum absolute atomic E-state index is 3.59. The number of fused-ring (bicyclic) bond motifs is 4. The highest BCUT2D eigenvalue weighted by molar-refractivity contribution is 9.10. The molecule has 6 rings (SSSR count). The van der Waals surface area contributed by atoms with Gasteiger partial charge in [0.25, 0.3) is 0 Å². The molecule has 1 spiro atoms. The summed E-state index contributed by atoms with van der Waals surface area (Å²) in [5.41, 5.74) is 11.6. The van der Waals surface area contributed by atoms with E-state index in [2.05, 4.69) is 144 Å². The Hall–Kier alpha value is -2.16. The van der Waals surface area contributed by atoms with Gasteiger partial charge in [-0.25, -0.2) is 0 Å². The molecule has 0 saturated carbocycles. The van der Waals surface area contributed by atoms with Crippen LogP contribution in [0.25, 0.3) is 22.3 Å². The minimum atomic E-state index is 0.0361. The number of halogens is 2. The van der Waals surface area contributed by atoms with Crippen molar-refractivity contribution < 1.29 is 0 Å². The van der Waals surface area contributed by atoms with Crippen LogP contribution in [0.5, 0.6) is 0 Å². The van der Waals surface area contributed by atoms with Crippen LogP contribution in [-0.2, 0) is 16.2 Å². The summed E-state index contributed by atoms with van der Waals surface area (Å²) in [4.78, 5) is 0. The molecule has 176 valence electrons. The van der Waals surface area contributed by atoms with Crippen LogP contribution in [0.3, 0.4) is 0 Å². The highest BCUT2D eigenvalue weighted by Gasteiger charge is 2.56. The van der Waals surface area contributed by atoms with Crippen molar-refractivity contribution in [2.24, 2.45) is 0 Å². The lowest BCUT2D eigenvalue weighted by Gasteiger charge is -2.31. The van der Waals surface area contributed by atoms with Gasteiger partial charge in [0, 0.05) is 14.4 Å². The van der Waals surface area contributed by atoms with Gasteiger partial charge in [-0.1, -0.05) is 108 Å². The normalized spacial score (nSPS) is 18.5. The first-order chi connectivity index (χ1) is 16.6. The van der Waals surface area contributed by atoms with E-state index in [0.29, 0.717) is 0 Å². The Bertz CT molecular complexity index is 1330. The monoisotopic (exact) mass is 584 g/mol. The van der Waals surface area contributed by atoms with Gasteiger partial charge in [0.15, 0.2) is 0 Å². The van der Waals surface area contributed by atoms with E-state index in [1.54, 1.807) is 0 Å². The molecule has 0 fully saturated rings. The van der Waals surface area contributed by atoms with Gasteiger partial charge in [-0.05, 0) is 105 Å². The maximum atomic E-state index is 3.59. The molecule has 0 N–H and O–H groups in total. The van der Waals surface area contributed by atoms with Crippen LogP contribution in [0.15, 0.2) is 93.9 Å². The van der Waals surface area contributed by atoms with Crippen molar-refractivity contribution in [1.82, 2.24) is 0 Å². The van der Waals surface area contributed by atoms with Gasteiger partial charge in [0.2, 0.25) is 0 Å². The van der Waals surface area contributed by atoms with E-state index in [1.807, 2.05) is 0 Å². The second kappa shape index (κ2) is 7.92. The Morgan fingerprint density at radius 3 is 1.17 bits per heavy atom. The summed E-state index contributed by atoms with van der Waals surface area (Å²) in [6.45, 7) is 9.74. The number of rotatable bonds is 2. The molecule has 0 nitrogen and oxygen atoms in total. The predicted octanol–water partition coefficient (Wildman–Crippen LogP) is 10.2. The van der Waals surface area contributed by atoms with Crippen molar-refractivity contribution in [1.29, 1.82) is 0 Å². The van der Waals surface area contributed by atoms with Gasteiger partial charge in [0.05, 0.1) is 0 Å². The van der Waals surface area contributed by atoms with Gasteiger partial charge in [-0.2, -0.15) is 0 Å². The van der Waals surface area contributed by atoms with Crippen molar-refractivity contribution in [2.45, 2.75) is 56.8 Å². The van der Waals surface area contributed by atoms with Crippen molar-refractivity contribution in [3.8, 4) is 22.3 Å². The third kappa shape index (κ3) is 3.67. The fourth-order valence-electron chi connectivity index (χ4n) is 6.99. The zero-order valence-electron chi connectivity index (χ0n) is 20.8. The highest BCUT2D eigenvalue weighted by atomic mass is 79.9. The van der Waals surface area contributed by atoms with Crippen LogP contribution in [0.4, 0.5) is 0 Å². The SMILES string of the molecule is CC1(C)CC2(CC(C)(C)c3ccc(-c4ccc(Br)cc4)cc32)c2cc(-c3ccc(Br)cc3)ccc21. The lowest BCUT2D eigenvalue weighted by atomic mass is 9.72. The fourth-order valence-corrected chi connectivity index (χ4v) is 7.52. The standard InChI is InChI=1S/C33H30Br2/c1-31(2)19-33(29-17-23(9-15-27(29)31)21-5-11-25(34)12-6-21)20-32(3,4)28-16-10-24(18-30(28)33)22-7-13-26(35)14-8-22/h5-18H,19-20H2,1-4H3. The molecule has 2 aliphatic carbocycles. The van der Waals surface area contributed by atoms with Gasteiger partial charge in [-0.15, -0.1) is 0 Å². The molecule has 4 aromatic rings. The lowest BCUT2D eigenvalue weighted by Crippen LogP contribution is -2.27. The van der Waals surface area contributed by atoms with Crippen LogP contribution in [0, 0.1) is 0 Å². The molecule has 0 atom stereocenters. The van der Waals surface area contributed by atoms with Crippen LogP contribution >= 0.6 is 31.9 Å². The van der Waals surface area contributed by atoms with Crippen LogP contribution in [0.1, 0.15) is 62.8 Å². The molecule has 0 heterocycles. The molecular formula is C33H30Br2. The summed E-state index contributed by atoms with van der Waals surface area (Å²) in [6.07, 6.45) is 2.30. The van der Waals surface area contributed by atoms with E-state index in [9.17, 15) is 0 Å². The Morgan fingerprint density at radius 1 is 0.457 bits per heavy atom. The van der Waals surface area contributed by atoms with E-state index < -0.39 is 0 Å². The molecule has 35 heavy (non-hydrogen) atoms. The lowest BCUT2D eigenvalue weighted by molar-refractivity contribution is 0.350. The molecule has 0 amide bonds. The number of benzene rings is 4. The molecule has 0 radical (unpaired) electrons. The molecule has 0 aliphatic heterocycles. The van der Waals surface area contributed by atoms with E-state index in [0.717, 1.165) is 21.8 Å². The summed E-state index contributed by atoms with van der Waals surface area (Å²) in [5.74, 6) is 0. The van der Waals surface area contributed by atoms with Gasteiger partial charge >= 0.3 is 0 Å². The first kappa shape index (κ1) is 23.3. The first-order valence-electron chi connectivity index (χ1n) is 12.4. The van der Waals surface area contributed by atoms with E-state index in [4.69, 9.17) is 0 Å². The minimum absolute atomic E-state index is 0.0361. The quantitative estimate of drug-likeness (QED) is 0.219. The zero-order valence-corrected chi connectivity index (χ0v) is 23.9. The molecule has 0 aromatic heterocycles. The number of hydrogen-bond acceptors (Lipinski definition) is 0. The topological polar surface area (TPSA) is 0 Å². The Kier molecular flexibility index (Phi) is 5.26. The van der Waals surface area contributed by atoms with E-state index >= 15 is 0 Å². The third-order valence-corrected chi connectivity index (χ3v) is 9.43. The van der Waals surface area contributed by atoms with E-state index in [-0.39, 0.29) is 16.2 Å². The Balaban J connectivity index is 1.57.